The Labute approximate surface area is 116 Å². The number of amides is 1. The average molecular weight is 260 g/mol. The Hall–Kier alpha value is -1.35. The molecule has 0 spiro atoms. The smallest absolute Gasteiger partial charge is 0.240 e. The zero-order valence-corrected chi connectivity index (χ0v) is 12.1. The van der Waals surface area contributed by atoms with E-state index in [1.165, 1.54) is 11.1 Å². The highest BCUT2D eigenvalue weighted by atomic mass is 16.2. The lowest BCUT2D eigenvalue weighted by atomic mass is 9.95. The maximum Gasteiger partial charge on any atom is 0.240 e. The molecule has 0 fully saturated rings. The molecule has 3 heteroatoms. The number of nitrogens with zero attached hydrogens (tertiary/aromatic N) is 1. The fourth-order valence-corrected chi connectivity index (χ4v) is 2.70. The highest BCUT2D eigenvalue weighted by Crippen LogP contribution is 2.18. The van der Waals surface area contributed by atoms with Gasteiger partial charge >= 0.3 is 0 Å². The van der Waals surface area contributed by atoms with Crippen LogP contribution in [0.1, 0.15) is 37.8 Å². The second-order valence-corrected chi connectivity index (χ2v) is 5.49. The lowest BCUT2D eigenvalue weighted by molar-refractivity contribution is -0.134. The van der Waals surface area contributed by atoms with Gasteiger partial charge in [0, 0.05) is 19.6 Å². The SMILES string of the molecule is CCCC(C)N(C)C(=O)[C@H]1Cc2ccccc2CN1. The van der Waals surface area contributed by atoms with Gasteiger partial charge in [-0.2, -0.15) is 0 Å². The van der Waals surface area contributed by atoms with Gasteiger partial charge in [0.1, 0.15) is 0 Å². The molecule has 0 saturated carbocycles. The van der Waals surface area contributed by atoms with Gasteiger partial charge in [0.2, 0.25) is 5.91 Å². The van der Waals surface area contributed by atoms with Crippen LogP contribution in [0.25, 0.3) is 0 Å². The fourth-order valence-electron chi connectivity index (χ4n) is 2.70. The first-order chi connectivity index (χ1) is 9.13. The summed E-state index contributed by atoms with van der Waals surface area (Å²) in [7, 11) is 1.92. The van der Waals surface area contributed by atoms with Crippen molar-refractivity contribution in [2.24, 2.45) is 0 Å². The lowest BCUT2D eigenvalue weighted by Gasteiger charge is -2.32. The molecule has 19 heavy (non-hydrogen) atoms. The number of nitrogens with one attached hydrogen (secondary N) is 1. The van der Waals surface area contributed by atoms with Crippen LogP contribution in [-0.4, -0.2) is 29.9 Å². The molecule has 1 aromatic rings. The third kappa shape index (κ3) is 3.16. The van der Waals surface area contributed by atoms with Gasteiger partial charge in [0.15, 0.2) is 0 Å². The number of carbonyl (C=O) groups is 1. The largest absolute Gasteiger partial charge is 0.342 e. The first-order valence-electron chi connectivity index (χ1n) is 7.20. The van der Waals surface area contributed by atoms with Crippen molar-refractivity contribution in [1.82, 2.24) is 10.2 Å². The summed E-state index contributed by atoms with van der Waals surface area (Å²) in [6.45, 7) is 5.07. The van der Waals surface area contributed by atoms with Crippen molar-refractivity contribution >= 4 is 5.91 Å². The predicted octanol–water partition coefficient (Wildman–Crippen LogP) is 2.35. The van der Waals surface area contributed by atoms with Crippen molar-refractivity contribution in [1.29, 1.82) is 0 Å². The maximum absolute atomic E-state index is 12.5. The van der Waals surface area contributed by atoms with Gasteiger partial charge in [0.25, 0.3) is 0 Å². The highest BCUT2D eigenvalue weighted by Gasteiger charge is 2.27. The van der Waals surface area contributed by atoms with E-state index in [1.54, 1.807) is 0 Å². The Morgan fingerprint density at radius 2 is 2.11 bits per heavy atom. The number of hydrogen-bond donors (Lipinski definition) is 1. The summed E-state index contributed by atoms with van der Waals surface area (Å²) in [5, 5.41) is 3.36. The minimum Gasteiger partial charge on any atom is -0.342 e. The number of fused-ring (bicyclic) bond motifs is 1. The molecule has 0 radical (unpaired) electrons. The molecule has 1 aromatic carbocycles. The van der Waals surface area contributed by atoms with Gasteiger partial charge < -0.3 is 10.2 Å². The summed E-state index contributed by atoms with van der Waals surface area (Å²) in [6.07, 6.45) is 2.98. The van der Waals surface area contributed by atoms with Gasteiger partial charge in [-0.25, -0.2) is 0 Å². The zero-order chi connectivity index (χ0) is 13.8. The quantitative estimate of drug-likeness (QED) is 0.901. The van der Waals surface area contributed by atoms with Crippen molar-refractivity contribution in [2.75, 3.05) is 7.05 Å². The molecule has 1 unspecified atom stereocenters. The van der Waals surface area contributed by atoms with Crippen LogP contribution in [0.5, 0.6) is 0 Å². The van der Waals surface area contributed by atoms with E-state index in [0.717, 1.165) is 25.8 Å². The minimum absolute atomic E-state index is 0.0702. The van der Waals surface area contributed by atoms with Crippen molar-refractivity contribution in [3.63, 3.8) is 0 Å². The zero-order valence-electron chi connectivity index (χ0n) is 12.1. The van der Waals surface area contributed by atoms with Gasteiger partial charge in [-0.15, -0.1) is 0 Å². The number of hydrogen-bond acceptors (Lipinski definition) is 2. The Bertz CT molecular complexity index is 444. The number of likely N-dealkylation sites (N-methyl/N-ethyl adjacent to an activating group) is 1. The predicted molar refractivity (Wildman–Crippen MR) is 77.9 cm³/mol. The highest BCUT2D eigenvalue weighted by molar-refractivity contribution is 5.82. The number of benzene rings is 1. The van der Waals surface area contributed by atoms with E-state index in [-0.39, 0.29) is 11.9 Å². The molecule has 1 aliphatic rings. The Morgan fingerprint density at radius 3 is 2.79 bits per heavy atom. The molecule has 1 aliphatic heterocycles. The fraction of sp³-hybridized carbons (Fsp3) is 0.562. The van der Waals surface area contributed by atoms with E-state index in [4.69, 9.17) is 0 Å². The van der Waals surface area contributed by atoms with Crippen molar-refractivity contribution < 1.29 is 4.79 Å². The van der Waals surface area contributed by atoms with E-state index in [1.807, 2.05) is 11.9 Å². The molecule has 1 N–H and O–H groups in total. The van der Waals surface area contributed by atoms with Crippen LogP contribution in [-0.2, 0) is 17.8 Å². The third-order valence-electron chi connectivity index (χ3n) is 4.09. The molecule has 0 aliphatic carbocycles. The molecule has 0 aromatic heterocycles. The van der Waals surface area contributed by atoms with E-state index >= 15 is 0 Å². The van der Waals surface area contributed by atoms with Gasteiger partial charge in [-0.1, -0.05) is 37.6 Å². The monoisotopic (exact) mass is 260 g/mol. The normalized spacial score (nSPS) is 19.6. The molecule has 104 valence electrons. The minimum atomic E-state index is -0.0702. The van der Waals surface area contributed by atoms with Crippen LogP contribution in [0.3, 0.4) is 0 Å². The van der Waals surface area contributed by atoms with E-state index < -0.39 is 0 Å². The van der Waals surface area contributed by atoms with Gasteiger partial charge in [-0.3, -0.25) is 4.79 Å². The molecular formula is C16H24N2O. The summed E-state index contributed by atoms with van der Waals surface area (Å²) >= 11 is 0. The van der Waals surface area contributed by atoms with Crippen molar-refractivity contribution in [2.45, 2.75) is 51.7 Å². The number of rotatable bonds is 4. The number of carbonyl (C=O) groups excluding carboxylic acids is 1. The average Bonchev–Trinajstić information content (AvgIpc) is 2.45. The van der Waals surface area contributed by atoms with Crippen LogP contribution >= 0.6 is 0 Å². The van der Waals surface area contributed by atoms with Gasteiger partial charge in [0.05, 0.1) is 6.04 Å². The van der Waals surface area contributed by atoms with E-state index in [0.29, 0.717) is 6.04 Å². The second-order valence-electron chi connectivity index (χ2n) is 5.49. The third-order valence-corrected chi connectivity index (χ3v) is 4.09. The Morgan fingerprint density at radius 1 is 1.42 bits per heavy atom. The molecule has 2 atom stereocenters. The summed E-state index contributed by atoms with van der Waals surface area (Å²) in [5.74, 6) is 0.218. The first-order valence-corrected chi connectivity index (χ1v) is 7.20. The molecule has 1 heterocycles. The Kier molecular flexibility index (Phi) is 4.59. The molecule has 2 rings (SSSR count). The van der Waals surface area contributed by atoms with Crippen LogP contribution < -0.4 is 5.32 Å². The summed E-state index contributed by atoms with van der Waals surface area (Å²) in [4.78, 5) is 14.4. The summed E-state index contributed by atoms with van der Waals surface area (Å²) in [6, 6.07) is 8.61. The van der Waals surface area contributed by atoms with E-state index in [2.05, 4.69) is 43.4 Å². The molecular weight excluding hydrogens is 236 g/mol. The van der Waals surface area contributed by atoms with Crippen LogP contribution in [0.2, 0.25) is 0 Å². The molecule has 1 amide bonds. The topological polar surface area (TPSA) is 32.3 Å². The van der Waals surface area contributed by atoms with Crippen LogP contribution in [0.15, 0.2) is 24.3 Å². The first kappa shape index (κ1) is 14.1. The van der Waals surface area contributed by atoms with Crippen LogP contribution in [0, 0.1) is 0 Å². The second kappa shape index (κ2) is 6.20. The van der Waals surface area contributed by atoms with Crippen molar-refractivity contribution in [3.05, 3.63) is 35.4 Å². The summed E-state index contributed by atoms with van der Waals surface area (Å²) < 4.78 is 0. The maximum atomic E-state index is 12.5. The van der Waals surface area contributed by atoms with Gasteiger partial charge in [-0.05, 0) is 30.9 Å². The molecule has 3 nitrogen and oxygen atoms in total. The lowest BCUT2D eigenvalue weighted by Crippen LogP contribution is -2.50. The van der Waals surface area contributed by atoms with E-state index in [9.17, 15) is 4.79 Å². The Balaban J connectivity index is 2.02. The summed E-state index contributed by atoms with van der Waals surface area (Å²) in [5.41, 5.74) is 2.62. The molecule has 0 saturated heterocycles. The van der Waals surface area contributed by atoms with Crippen molar-refractivity contribution in [3.8, 4) is 0 Å². The van der Waals surface area contributed by atoms with Crippen LogP contribution in [0.4, 0.5) is 0 Å². The molecule has 0 bridgehead atoms. The standard InChI is InChI=1S/C16H24N2O/c1-4-7-12(2)18(3)16(19)15-10-13-8-5-6-9-14(13)11-17-15/h5-6,8-9,12,15,17H,4,7,10-11H2,1-3H3/t12?,15-/m1/s1.